The Bertz CT molecular complexity index is 381. The van der Waals surface area contributed by atoms with E-state index in [1.165, 1.54) is 43.0 Å². The average molecular weight is 247 g/mol. The molecule has 1 saturated heterocycles. The quantitative estimate of drug-likeness (QED) is 0.877. The fourth-order valence-electron chi connectivity index (χ4n) is 2.43. The van der Waals surface area contributed by atoms with Crippen molar-refractivity contribution >= 4 is 5.69 Å². The van der Waals surface area contributed by atoms with Crippen LogP contribution in [0, 0.1) is 13.8 Å². The highest BCUT2D eigenvalue weighted by Crippen LogP contribution is 2.15. The van der Waals surface area contributed by atoms with Crippen LogP contribution in [-0.4, -0.2) is 56.1 Å². The van der Waals surface area contributed by atoms with Crippen LogP contribution in [0.25, 0.3) is 0 Å². The molecule has 0 bridgehead atoms. The molecule has 0 radical (unpaired) electrons. The third-order valence-corrected chi connectivity index (χ3v) is 3.72. The maximum atomic E-state index is 3.54. The van der Waals surface area contributed by atoms with Crippen molar-refractivity contribution in [3.8, 4) is 0 Å². The summed E-state index contributed by atoms with van der Waals surface area (Å²) in [5, 5.41) is 3.54. The maximum Gasteiger partial charge on any atom is 0.0370 e. The van der Waals surface area contributed by atoms with Gasteiger partial charge in [-0.1, -0.05) is 17.7 Å². The van der Waals surface area contributed by atoms with Gasteiger partial charge in [0.1, 0.15) is 0 Å². The molecule has 0 saturated carbocycles. The molecule has 2 rings (SSSR count). The maximum absolute atomic E-state index is 3.54. The van der Waals surface area contributed by atoms with E-state index in [0.717, 1.165) is 13.1 Å². The number of likely N-dealkylation sites (N-methyl/N-ethyl adjacent to an activating group) is 1. The van der Waals surface area contributed by atoms with Crippen LogP contribution in [0.1, 0.15) is 11.1 Å². The summed E-state index contributed by atoms with van der Waals surface area (Å²) in [7, 11) is 2.20. The van der Waals surface area contributed by atoms with Gasteiger partial charge in [-0.2, -0.15) is 0 Å². The first-order valence-electron chi connectivity index (χ1n) is 6.87. The van der Waals surface area contributed by atoms with Crippen LogP contribution in [-0.2, 0) is 0 Å². The number of benzene rings is 1. The number of rotatable bonds is 4. The molecule has 1 aromatic rings. The Morgan fingerprint density at radius 3 is 2.50 bits per heavy atom. The summed E-state index contributed by atoms with van der Waals surface area (Å²) in [5.41, 5.74) is 3.94. The summed E-state index contributed by atoms with van der Waals surface area (Å²) in [6, 6.07) is 6.60. The van der Waals surface area contributed by atoms with Crippen LogP contribution in [0.3, 0.4) is 0 Å². The fraction of sp³-hybridized carbons (Fsp3) is 0.600. The molecule has 3 nitrogen and oxygen atoms in total. The first kappa shape index (κ1) is 13.4. The lowest BCUT2D eigenvalue weighted by Crippen LogP contribution is -2.45. The minimum atomic E-state index is 1.04. The van der Waals surface area contributed by atoms with E-state index in [0.29, 0.717) is 0 Å². The molecular weight excluding hydrogens is 222 g/mol. The second-order valence-electron chi connectivity index (χ2n) is 5.39. The Labute approximate surface area is 111 Å². The number of hydrogen-bond donors (Lipinski definition) is 1. The predicted octanol–water partition coefficient (Wildman–Crippen LogP) is 1.96. The van der Waals surface area contributed by atoms with Crippen LogP contribution in [0.2, 0.25) is 0 Å². The Hall–Kier alpha value is -1.06. The molecule has 18 heavy (non-hydrogen) atoms. The molecule has 0 aliphatic carbocycles. The standard InChI is InChI=1S/C15H25N3/c1-13-4-5-15(14(2)12-13)16-6-7-18-10-8-17(3)9-11-18/h4-5,12,16H,6-11H2,1-3H3. The van der Waals surface area contributed by atoms with Crippen LogP contribution < -0.4 is 5.32 Å². The molecule has 1 aromatic carbocycles. The van der Waals surface area contributed by atoms with Gasteiger partial charge in [-0.3, -0.25) is 4.90 Å². The molecular formula is C15H25N3. The van der Waals surface area contributed by atoms with Gasteiger partial charge in [0.2, 0.25) is 0 Å². The smallest absolute Gasteiger partial charge is 0.0370 e. The van der Waals surface area contributed by atoms with E-state index in [4.69, 9.17) is 0 Å². The van der Waals surface area contributed by atoms with Gasteiger partial charge >= 0.3 is 0 Å². The Kier molecular flexibility index (Phi) is 4.61. The zero-order chi connectivity index (χ0) is 13.0. The monoisotopic (exact) mass is 247 g/mol. The molecule has 0 atom stereocenters. The van der Waals surface area contributed by atoms with Gasteiger partial charge in [0.05, 0.1) is 0 Å². The molecule has 1 fully saturated rings. The van der Waals surface area contributed by atoms with E-state index < -0.39 is 0 Å². The van der Waals surface area contributed by atoms with Crippen LogP contribution in [0.5, 0.6) is 0 Å². The largest absolute Gasteiger partial charge is 0.384 e. The van der Waals surface area contributed by atoms with Crippen molar-refractivity contribution in [2.24, 2.45) is 0 Å². The summed E-state index contributed by atoms with van der Waals surface area (Å²) >= 11 is 0. The fourth-order valence-corrected chi connectivity index (χ4v) is 2.43. The highest BCUT2D eigenvalue weighted by Gasteiger charge is 2.12. The Morgan fingerprint density at radius 2 is 1.83 bits per heavy atom. The minimum Gasteiger partial charge on any atom is -0.384 e. The molecule has 0 aromatic heterocycles. The molecule has 0 unspecified atom stereocenters. The van der Waals surface area contributed by atoms with Crippen molar-refractivity contribution in [1.82, 2.24) is 9.80 Å². The van der Waals surface area contributed by atoms with Gasteiger partial charge in [0.15, 0.2) is 0 Å². The van der Waals surface area contributed by atoms with Gasteiger partial charge in [-0.15, -0.1) is 0 Å². The molecule has 1 N–H and O–H groups in total. The highest BCUT2D eigenvalue weighted by molar-refractivity contribution is 5.51. The van der Waals surface area contributed by atoms with E-state index in [-0.39, 0.29) is 0 Å². The number of hydrogen-bond acceptors (Lipinski definition) is 3. The van der Waals surface area contributed by atoms with Gasteiger partial charge < -0.3 is 10.2 Å². The summed E-state index contributed by atoms with van der Waals surface area (Å²) in [6.45, 7) is 11.3. The van der Waals surface area contributed by atoms with Crippen molar-refractivity contribution in [2.75, 3.05) is 51.6 Å². The first-order chi connectivity index (χ1) is 8.65. The minimum absolute atomic E-state index is 1.04. The molecule has 0 spiro atoms. The van der Waals surface area contributed by atoms with Crippen molar-refractivity contribution in [3.05, 3.63) is 29.3 Å². The lowest BCUT2D eigenvalue weighted by Gasteiger charge is -2.32. The molecule has 100 valence electrons. The second-order valence-corrected chi connectivity index (χ2v) is 5.39. The van der Waals surface area contributed by atoms with Gasteiger partial charge in [-0.05, 0) is 32.5 Å². The molecule has 1 aliphatic rings. The second kappa shape index (κ2) is 6.21. The number of nitrogens with zero attached hydrogens (tertiary/aromatic N) is 2. The van der Waals surface area contributed by atoms with Crippen molar-refractivity contribution in [2.45, 2.75) is 13.8 Å². The molecule has 1 heterocycles. The topological polar surface area (TPSA) is 18.5 Å². The van der Waals surface area contributed by atoms with E-state index in [2.05, 4.69) is 54.2 Å². The summed E-state index contributed by atoms with van der Waals surface area (Å²) in [5.74, 6) is 0. The average Bonchev–Trinajstić information content (AvgIpc) is 2.34. The Morgan fingerprint density at radius 1 is 1.11 bits per heavy atom. The van der Waals surface area contributed by atoms with E-state index >= 15 is 0 Å². The van der Waals surface area contributed by atoms with Crippen LogP contribution in [0.15, 0.2) is 18.2 Å². The predicted molar refractivity (Wildman–Crippen MR) is 78.3 cm³/mol. The molecule has 3 heteroatoms. The third kappa shape index (κ3) is 3.72. The zero-order valence-electron chi connectivity index (χ0n) is 11.9. The molecule has 0 amide bonds. The normalized spacial score (nSPS) is 17.9. The lowest BCUT2D eigenvalue weighted by molar-refractivity contribution is 0.158. The van der Waals surface area contributed by atoms with Gasteiger partial charge in [-0.25, -0.2) is 0 Å². The molecule has 1 aliphatic heterocycles. The van der Waals surface area contributed by atoms with E-state index in [1.807, 2.05) is 0 Å². The number of nitrogens with one attached hydrogen (secondary N) is 1. The van der Waals surface area contributed by atoms with Crippen molar-refractivity contribution < 1.29 is 0 Å². The number of aryl methyl sites for hydroxylation is 2. The van der Waals surface area contributed by atoms with Gasteiger partial charge in [0.25, 0.3) is 0 Å². The van der Waals surface area contributed by atoms with E-state index in [1.54, 1.807) is 0 Å². The van der Waals surface area contributed by atoms with Crippen LogP contribution in [0.4, 0.5) is 5.69 Å². The van der Waals surface area contributed by atoms with Gasteiger partial charge in [0, 0.05) is 45.0 Å². The summed E-state index contributed by atoms with van der Waals surface area (Å²) in [4.78, 5) is 4.94. The lowest BCUT2D eigenvalue weighted by atomic mass is 10.1. The number of anilines is 1. The highest BCUT2D eigenvalue weighted by atomic mass is 15.2. The van der Waals surface area contributed by atoms with Crippen LogP contribution >= 0.6 is 0 Å². The zero-order valence-corrected chi connectivity index (χ0v) is 11.9. The Balaban J connectivity index is 1.75. The van der Waals surface area contributed by atoms with Crippen molar-refractivity contribution in [1.29, 1.82) is 0 Å². The third-order valence-electron chi connectivity index (χ3n) is 3.72. The van der Waals surface area contributed by atoms with E-state index in [9.17, 15) is 0 Å². The summed E-state index contributed by atoms with van der Waals surface area (Å²) < 4.78 is 0. The first-order valence-corrected chi connectivity index (χ1v) is 6.87. The number of piperazine rings is 1. The SMILES string of the molecule is Cc1ccc(NCCN2CCN(C)CC2)c(C)c1. The van der Waals surface area contributed by atoms with Crippen molar-refractivity contribution in [3.63, 3.8) is 0 Å². The summed E-state index contributed by atoms with van der Waals surface area (Å²) in [6.07, 6.45) is 0.